The largest absolute Gasteiger partial charge is 0.365 e. The number of hydrogen-bond donors (Lipinski definition) is 1. The minimum absolute atomic E-state index is 0.0258. The summed E-state index contributed by atoms with van der Waals surface area (Å²) in [5.41, 5.74) is 5.91. The predicted octanol–water partition coefficient (Wildman–Crippen LogP) is 2.32. The van der Waals surface area contributed by atoms with Gasteiger partial charge < -0.3 is 10.6 Å². The van der Waals surface area contributed by atoms with Crippen molar-refractivity contribution in [2.75, 3.05) is 11.4 Å². The summed E-state index contributed by atoms with van der Waals surface area (Å²) >= 11 is 3.34. The summed E-state index contributed by atoms with van der Waals surface area (Å²) < 4.78 is 0.722. The van der Waals surface area contributed by atoms with Crippen molar-refractivity contribution >= 4 is 27.7 Å². The SMILES string of the molecule is CC1(C)CCCN1c1nc(Br)ccc1C(N)=O. The highest BCUT2D eigenvalue weighted by Gasteiger charge is 2.34. The number of aromatic nitrogens is 1. The molecule has 2 rings (SSSR count). The van der Waals surface area contributed by atoms with E-state index in [2.05, 4.69) is 39.7 Å². The average Bonchev–Trinajstić information content (AvgIpc) is 2.57. The van der Waals surface area contributed by atoms with Gasteiger partial charge in [-0.3, -0.25) is 4.79 Å². The predicted molar refractivity (Wildman–Crippen MR) is 71.1 cm³/mol. The number of halogens is 1. The van der Waals surface area contributed by atoms with Crippen molar-refractivity contribution in [3.05, 3.63) is 22.3 Å². The number of carbonyl (C=O) groups excluding carboxylic acids is 1. The molecule has 0 bridgehead atoms. The van der Waals surface area contributed by atoms with Crippen molar-refractivity contribution < 1.29 is 4.79 Å². The summed E-state index contributed by atoms with van der Waals surface area (Å²) in [6, 6.07) is 3.47. The molecule has 1 aliphatic heterocycles. The molecule has 2 N–H and O–H groups in total. The highest BCUT2D eigenvalue weighted by atomic mass is 79.9. The molecule has 0 radical (unpaired) electrons. The fraction of sp³-hybridized carbons (Fsp3) is 0.500. The quantitative estimate of drug-likeness (QED) is 0.852. The highest BCUT2D eigenvalue weighted by molar-refractivity contribution is 9.10. The molecular formula is C12H16BrN3O. The van der Waals surface area contributed by atoms with Gasteiger partial charge in [0.1, 0.15) is 10.4 Å². The van der Waals surface area contributed by atoms with Crippen LogP contribution in [0.4, 0.5) is 5.82 Å². The maximum atomic E-state index is 11.4. The van der Waals surface area contributed by atoms with E-state index in [1.807, 2.05) is 0 Å². The van der Waals surface area contributed by atoms with Crippen molar-refractivity contribution in [1.82, 2.24) is 4.98 Å². The Morgan fingerprint density at radius 2 is 2.24 bits per heavy atom. The van der Waals surface area contributed by atoms with Gasteiger partial charge in [0, 0.05) is 12.1 Å². The van der Waals surface area contributed by atoms with E-state index in [1.54, 1.807) is 12.1 Å². The molecule has 0 unspecified atom stereocenters. The van der Waals surface area contributed by atoms with E-state index in [-0.39, 0.29) is 5.54 Å². The molecule has 0 spiro atoms. The Morgan fingerprint density at radius 1 is 1.53 bits per heavy atom. The molecule has 0 atom stereocenters. The van der Waals surface area contributed by atoms with Crippen LogP contribution in [0.15, 0.2) is 16.7 Å². The molecular weight excluding hydrogens is 282 g/mol. The maximum absolute atomic E-state index is 11.4. The molecule has 2 heterocycles. The normalized spacial score (nSPS) is 18.4. The minimum atomic E-state index is -0.428. The van der Waals surface area contributed by atoms with Crippen molar-refractivity contribution in [1.29, 1.82) is 0 Å². The lowest BCUT2D eigenvalue weighted by atomic mass is 10.0. The zero-order valence-electron chi connectivity index (χ0n) is 10.0. The summed E-state index contributed by atoms with van der Waals surface area (Å²) in [5, 5.41) is 0. The van der Waals surface area contributed by atoms with E-state index in [0.29, 0.717) is 11.4 Å². The lowest BCUT2D eigenvalue weighted by Gasteiger charge is -2.33. The number of hydrogen-bond acceptors (Lipinski definition) is 3. The first-order valence-electron chi connectivity index (χ1n) is 5.66. The Morgan fingerprint density at radius 3 is 2.76 bits per heavy atom. The third kappa shape index (κ3) is 2.29. The van der Waals surface area contributed by atoms with Gasteiger partial charge in [0.05, 0.1) is 5.56 Å². The number of carbonyl (C=O) groups is 1. The van der Waals surface area contributed by atoms with E-state index in [0.717, 1.165) is 24.0 Å². The number of nitrogens with zero attached hydrogens (tertiary/aromatic N) is 2. The Balaban J connectivity index is 2.50. The van der Waals surface area contributed by atoms with Crippen LogP contribution in [0.5, 0.6) is 0 Å². The first-order valence-corrected chi connectivity index (χ1v) is 6.45. The molecule has 0 aromatic carbocycles. The van der Waals surface area contributed by atoms with Gasteiger partial charge in [-0.15, -0.1) is 0 Å². The third-order valence-corrected chi connectivity index (χ3v) is 3.70. The Kier molecular flexibility index (Phi) is 3.12. The van der Waals surface area contributed by atoms with Crippen LogP contribution >= 0.6 is 15.9 Å². The van der Waals surface area contributed by atoms with Crippen LogP contribution in [0.2, 0.25) is 0 Å². The van der Waals surface area contributed by atoms with Crippen molar-refractivity contribution in [3.63, 3.8) is 0 Å². The first-order chi connectivity index (χ1) is 7.92. The summed E-state index contributed by atoms with van der Waals surface area (Å²) in [7, 11) is 0. The van der Waals surface area contributed by atoms with Crippen LogP contribution in [0.25, 0.3) is 0 Å². The van der Waals surface area contributed by atoms with E-state index >= 15 is 0 Å². The van der Waals surface area contributed by atoms with E-state index in [4.69, 9.17) is 5.73 Å². The molecule has 1 fully saturated rings. The molecule has 1 aromatic heterocycles. The van der Waals surface area contributed by atoms with Crippen molar-refractivity contribution in [3.8, 4) is 0 Å². The second-order valence-electron chi connectivity index (χ2n) is 4.94. The molecule has 17 heavy (non-hydrogen) atoms. The average molecular weight is 298 g/mol. The van der Waals surface area contributed by atoms with Gasteiger partial charge in [-0.25, -0.2) is 4.98 Å². The monoisotopic (exact) mass is 297 g/mol. The van der Waals surface area contributed by atoms with Crippen LogP contribution in [-0.2, 0) is 0 Å². The zero-order valence-corrected chi connectivity index (χ0v) is 11.6. The topological polar surface area (TPSA) is 59.2 Å². The van der Waals surface area contributed by atoms with Crippen LogP contribution in [0, 0.1) is 0 Å². The number of amides is 1. The molecule has 1 amide bonds. The smallest absolute Gasteiger partial charge is 0.252 e. The zero-order chi connectivity index (χ0) is 12.6. The van der Waals surface area contributed by atoms with Crippen LogP contribution in [0.3, 0.4) is 0 Å². The molecule has 4 nitrogen and oxygen atoms in total. The van der Waals surface area contributed by atoms with Gasteiger partial charge in [-0.2, -0.15) is 0 Å². The van der Waals surface area contributed by atoms with E-state index in [9.17, 15) is 4.79 Å². The van der Waals surface area contributed by atoms with Gasteiger partial charge in [0.2, 0.25) is 0 Å². The van der Waals surface area contributed by atoms with Crippen LogP contribution in [-0.4, -0.2) is 23.0 Å². The molecule has 1 aliphatic rings. The molecule has 1 saturated heterocycles. The number of nitrogens with two attached hydrogens (primary N) is 1. The molecule has 92 valence electrons. The maximum Gasteiger partial charge on any atom is 0.252 e. The van der Waals surface area contributed by atoms with E-state index < -0.39 is 5.91 Å². The Labute approximate surface area is 109 Å². The summed E-state index contributed by atoms with van der Waals surface area (Å²) in [5.74, 6) is 0.261. The lowest BCUT2D eigenvalue weighted by Crippen LogP contribution is -2.40. The van der Waals surface area contributed by atoms with E-state index in [1.165, 1.54) is 0 Å². The fourth-order valence-corrected chi connectivity index (χ4v) is 2.62. The van der Waals surface area contributed by atoms with Gasteiger partial charge >= 0.3 is 0 Å². The summed E-state index contributed by atoms with van der Waals surface area (Å²) in [4.78, 5) is 18.0. The first kappa shape index (κ1) is 12.4. The van der Waals surface area contributed by atoms with Crippen molar-refractivity contribution in [2.45, 2.75) is 32.2 Å². The number of anilines is 1. The van der Waals surface area contributed by atoms with Crippen LogP contribution in [0.1, 0.15) is 37.0 Å². The van der Waals surface area contributed by atoms with Gasteiger partial charge in [-0.1, -0.05) is 0 Å². The lowest BCUT2D eigenvalue weighted by molar-refractivity contribution is 0.100. The van der Waals surface area contributed by atoms with Gasteiger partial charge in [-0.05, 0) is 54.8 Å². The minimum Gasteiger partial charge on any atom is -0.365 e. The second-order valence-corrected chi connectivity index (χ2v) is 5.75. The Bertz CT molecular complexity index is 459. The fourth-order valence-electron chi connectivity index (χ4n) is 2.32. The molecule has 5 heteroatoms. The third-order valence-electron chi connectivity index (χ3n) is 3.26. The number of primary amides is 1. The molecule has 0 saturated carbocycles. The molecule has 1 aromatic rings. The Hall–Kier alpha value is -1.10. The standard InChI is InChI=1S/C12H16BrN3O/c1-12(2)6-3-7-16(12)11-8(10(14)17)4-5-9(13)15-11/h4-5H,3,6-7H2,1-2H3,(H2,14,17). The summed E-state index contributed by atoms with van der Waals surface area (Å²) in [6.45, 7) is 5.23. The second kappa shape index (κ2) is 4.29. The van der Waals surface area contributed by atoms with Crippen molar-refractivity contribution in [2.24, 2.45) is 5.73 Å². The summed E-state index contributed by atoms with van der Waals surface area (Å²) in [6.07, 6.45) is 2.21. The number of pyridine rings is 1. The molecule has 0 aliphatic carbocycles. The van der Waals surface area contributed by atoms with Gasteiger partial charge in [0.25, 0.3) is 5.91 Å². The highest BCUT2D eigenvalue weighted by Crippen LogP contribution is 2.34. The van der Waals surface area contributed by atoms with Crippen LogP contribution < -0.4 is 10.6 Å². The number of rotatable bonds is 2. The van der Waals surface area contributed by atoms with Gasteiger partial charge in [0.15, 0.2) is 0 Å².